The Balaban J connectivity index is 1.64. The number of amidine groups is 1. The molecule has 0 radical (unpaired) electrons. The van der Waals surface area contributed by atoms with Crippen molar-refractivity contribution in [3.63, 3.8) is 0 Å². The van der Waals surface area contributed by atoms with Crippen molar-refractivity contribution in [1.29, 1.82) is 0 Å². The van der Waals surface area contributed by atoms with Crippen LogP contribution in [0.5, 0.6) is 0 Å². The summed E-state index contributed by atoms with van der Waals surface area (Å²) in [5, 5.41) is 4.16. The molecule has 3 amide bonds. The standard InChI is InChI=1S/C30H30Cl2N4O4/c1-16(2)40-21-14-29(3,39-5)25-26-30(21,4)27-34-23(18-7-6-8-20(32)13-18)24(17-9-11-19(31)12-10-17)36(27)28(38)35(26)15-22(37)33-25/h6-14,16,23-24H,15H2,1-5H3,(H,33,37)/t23-,24+,29?,30?/m0/s1. The van der Waals surface area contributed by atoms with Crippen molar-refractivity contribution in [3.05, 3.63) is 92.9 Å². The van der Waals surface area contributed by atoms with E-state index in [1.165, 1.54) is 0 Å². The molecule has 2 aromatic rings. The maximum Gasteiger partial charge on any atom is 0.330 e. The summed E-state index contributed by atoms with van der Waals surface area (Å²) in [4.78, 5) is 36.0. The molecule has 0 aromatic heterocycles. The lowest BCUT2D eigenvalue weighted by Gasteiger charge is -2.54. The smallest absolute Gasteiger partial charge is 0.330 e. The Morgan fingerprint density at radius 2 is 1.77 bits per heavy atom. The maximum absolute atomic E-state index is 14.5. The van der Waals surface area contributed by atoms with Crippen LogP contribution in [-0.2, 0) is 14.3 Å². The first-order valence-electron chi connectivity index (χ1n) is 13.2. The Morgan fingerprint density at radius 1 is 1.05 bits per heavy atom. The first-order chi connectivity index (χ1) is 19.0. The first kappa shape index (κ1) is 26.9. The second-order valence-electron chi connectivity index (χ2n) is 11.1. The third-order valence-corrected chi connectivity index (χ3v) is 8.57. The van der Waals surface area contributed by atoms with Gasteiger partial charge in [-0.3, -0.25) is 19.6 Å². The van der Waals surface area contributed by atoms with Gasteiger partial charge < -0.3 is 14.8 Å². The molecular weight excluding hydrogens is 551 g/mol. The number of methoxy groups -OCH3 is 1. The third kappa shape index (κ3) is 3.88. The minimum absolute atomic E-state index is 0.138. The molecule has 0 spiro atoms. The summed E-state index contributed by atoms with van der Waals surface area (Å²) in [5.41, 5.74) is 0.798. The van der Waals surface area contributed by atoms with Crippen LogP contribution in [0.3, 0.4) is 0 Å². The van der Waals surface area contributed by atoms with E-state index in [0.29, 0.717) is 33.0 Å². The summed E-state index contributed by atoms with van der Waals surface area (Å²) in [6, 6.07) is 13.6. The summed E-state index contributed by atoms with van der Waals surface area (Å²) in [6.07, 6.45) is 1.72. The predicted molar refractivity (Wildman–Crippen MR) is 153 cm³/mol. The average molecular weight is 582 g/mol. The van der Waals surface area contributed by atoms with E-state index in [-0.39, 0.29) is 24.6 Å². The van der Waals surface area contributed by atoms with Crippen LogP contribution in [0.15, 0.2) is 76.8 Å². The third-order valence-electron chi connectivity index (χ3n) is 8.08. The Bertz CT molecular complexity index is 1520. The van der Waals surface area contributed by atoms with Gasteiger partial charge in [0, 0.05) is 17.2 Å². The van der Waals surface area contributed by atoms with E-state index in [2.05, 4.69) is 5.32 Å². The number of carbonyl (C=O) groups excluding carboxylic acids is 2. The highest BCUT2D eigenvalue weighted by Crippen LogP contribution is 2.57. The van der Waals surface area contributed by atoms with Crippen molar-refractivity contribution in [2.45, 2.75) is 51.5 Å². The molecule has 208 valence electrons. The maximum atomic E-state index is 14.5. The zero-order valence-electron chi connectivity index (χ0n) is 22.9. The molecule has 3 aliphatic heterocycles. The molecular formula is C30H30Cl2N4O4. The second kappa shape index (κ2) is 9.36. The van der Waals surface area contributed by atoms with Crippen LogP contribution in [0.1, 0.15) is 50.9 Å². The van der Waals surface area contributed by atoms with Gasteiger partial charge in [0.15, 0.2) is 0 Å². The number of ether oxygens (including phenoxy) is 2. The second-order valence-corrected chi connectivity index (χ2v) is 11.9. The van der Waals surface area contributed by atoms with E-state index in [1.54, 1.807) is 29.0 Å². The number of nitrogens with one attached hydrogen (secondary N) is 1. The van der Waals surface area contributed by atoms with E-state index in [1.807, 2.05) is 70.2 Å². The van der Waals surface area contributed by atoms with Crippen molar-refractivity contribution in [2.75, 3.05) is 13.7 Å². The number of halogens is 2. The molecule has 3 heterocycles. The summed E-state index contributed by atoms with van der Waals surface area (Å²) >= 11 is 12.7. The zero-order valence-corrected chi connectivity index (χ0v) is 24.4. The molecule has 1 saturated heterocycles. The SMILES string of the molecule is COC1(C)C=C(OC(C)C)C2(C)C3=N[C@@H](c4cccc(Cl)c4)[C@@H](c4ccc(Cl)cc4)N3C(=O)N3CC(=O)NC1=C32. The van der Waals surface area contributed by atoms with Crippen molar-refractivity contribution in [3.8, 4) is 0 Å². The van der Waals surface area contributed by atoms with Crippen LogP contribution in [0, 0.1) is 5.41 Å². The monoisotopic (exact) mass is 580 g/mol. The predicted octanol–water partition coefficient (Wildman–Crippen LogP) is 6.00. The number of hydrogen-bond donors (Lipinski definition) is 1. The largest absolute Gasteiger partial charge is 0.494 e. The molecule has 1 aliphatic carbocycles. The lowest BCUT2D eigenvalue weighted by atomic mass is 9.71. The lowest BCUT2D eigenvalue weighted by Crippen LogP contribution is -2.66. The van der Waals surface area contributed by atoms with Gasteiger partial charge in [-0.15, -0.1) is 0 Å². The van der Waals surface area contributed by atoms with Crippen LogP contribution in [0.4, 0.5) is 4.79 Å². The van der Waals surface area contributed by atoms with E-state index in [0.717, 1.165) is 11.1 Å². The molecule has 4 atom stereocenters. The van der Waals surface area contributed by atoms with Crippen LogP contribution in [0.25, 0.3) is 0 Å². The molecule has 6 rings (SSSR count). The molecule has 2 unspecified atom stereocenters. The van der Waals surface area contributed by atoms with E-state index >= 15 is 0 Å². The Hall–Kier alpha value is -3.33. The van der Waals surface area contributed by atoms with Gasteiger partial charge >= 0.3 is 6.03 Å². The summed E-state index contributed by atoms with van der Waals surface area (Å²) in [5.74, 6) is 0.838. The number of carbonyl (C=O) groups is 2. The van der Waals surface area contributed by atoms with Crippen LogP contribution in [-0.4, -0.2) is 52.9 Å². The first-order valence-corrected chi connectivity index (χ1v) is 13.9. The van der Waals surface area contributed by atoms with Gasteiger partial charge in [-0.2, -0.15) is 0 Å². The number of fused-ring (bicyclic) bond motifs is 2. The highest BCUT2D eigenvalue weighted by atomic mass is 35.5. The van der Waals surface area contributed by atoms with Gasteiger partial charge in [-0.05, 0) is 69.2 Å². The number of aliphatic imine (C=N–C) groups is 1. The highest BCUT2D eigenvalue weighted by molar-refractivity contribution is 6.30. The average Bonchev–Trinajstić information content (AvgIpc) is 3.32. The number of nitrogens with zero attached hydrogens (tertiary/aromatic N) is 3. The Kier molecular flexibility index (Phi) is 6.29. The highest BCUT2D eigenvalue weighted by Gasteiger charge is 2.63. The van der Waals surface area contributed by atoms with Gasteiger partial charge in [0.2, 0.25) is 5.91 Å². The molecule has 1 fully saturated rings. The Morgan fingerprint density at radius 3 is 2.42 bits per heavy atom. The molecule has 4 aliphatic rings. The minimum Gasteiger partial charge on any atom is -0.494 e. The minimum atomic E-state index is -1.03. The summed E-state index contributed by atoms with van der Waals surface area (Å²) in [7, 11) is 1.57. The number of hydrogen-bond acceptors (Lipinski definition) is 5. The van der Waals surface area contributed by atoms with Gasteiger partial charge in [-0.1, -0.05) is 47.5 Å². The summed E-state index contributed by atoms with van der Waals surface area (Å²) in [6.45, 7) is 7.61. The van der Waals surface area contributed by atoms with Crippen molar-refractivity contribution >= 4 is 41.0 Å². The van der Waals surface area contributed by atoms with Crippen molar-refractivity contribution in [1.82, 2.24) is 15.1 Å². The number of amides is 3. The number of benzene rings is 2. The fraction of sp³-hybridized carbons (Fsp3) is 0.367. The molecule has 0 saturated carbocycles. The molecule has 1 N–H and O–H groups in total. The fourth-order valence-electron chi connectivity index (χ4n) is 6.19. The molecule has 2 aromatic carbocycles. The normalized spacial score (nSPS) is 29.2. The van der Waals surface area contributed by atoms with Crippen LogP contribution < -0.4 is 5.32 Å². The van der Waals surface area contributed by atoms with Crippen molar-refractivity contribution < 1.29 is 19.1 Å². The molecule has 40 heavy (non-hydrogen) atoms. The lowest BCUT2D eigenvalue weighted by molar-refractivity contribution is -0.123. The molecule has 0 bridgehead atoms. The number of urea groups is 1. The zero-order chi connectivity index (χ0) is 28.6. The van der Waals surface area contributed by atoms with E-state index in [4.69, 9.17) is 37.7 Å². The number of rotatable bonds is 5. The molecule has 8 nitrogen and oxygen atoms in total. The van der Waals surface area contributed by atoms with Gasteiger partial charge in [0.25, 0.3) is 0 Å². The van der Waals surface area contributed by atoms with Crippen molar-refractivity contribution in [2.24, 2.45) is 10.4 Å². The fourth-order valence-corrected chi connectivity index (χ4v) is 6.51. The summed E-state index contributed by atoms with van der Waals surface area (Å²) < 4.78 is 12.4. The van der Waals surface area contributed by atoms with Gasteiger partial charge in [0.1, 0.15) is 35.2 Å². The topological polar surface area (TPSA) is 83.5 Å². The van der Waals surface area contributed by atoms with E-state index in [9.17, 15) is 9.59 Å². The quantitative estimate of drug-likeness (QED) is 0.470. The van der Waals surface area contributed by atoms with Gasteiger partial charge in [-0.25, -0.2) is 4.79 Å². The van der Waals surface area contributed by atoms with Crippen LogP contribution in [0.2, 0.25) is 10.0 Å². The van der Waals surface area contributed by atoms with E-state index < -0.39 is 23.1 Å². The molecule has 10 heteroatoms. The van der Waals surface area contributed by atoms with Gasteiger partial charge in [0.05, 0.1) is 23.5 Å². The Labute approximate surface area is 243 Å². The van der Waals surface area contributed by atoms with Crippen LogP contribution >= 0.6 is 23.2 Å².